The van der Waals surface area contributed by atoms with Gasteiger partial charge in [0, 0.05) is 18.7 Å². The lowest BCUT2D eigenvalue weighted by Gasteiger charge is -2.32. The lowest BCUT2D eigenvalue weighted by atomic mass is 10.0. The predicted octanol–water partition coefficient (Wildman–Crippen LogP) is 0.564. The van der Waals surface area contributed by atoms with Gasteiger partial charge in [0.2, 0.25) is 10.0 Å². The summed E-state index contributed by atoms with van der Waals surface area (Å²) in [4.78, 5) is 14.4. The third-order valence-electron chi connectivity index (χ3n) is 4.37. The number of sulfonamides is 1. The standard InChI is InChI=1S/C16H24N2O5S/c1-11-9-14(24(17,21)22)10-15(12(11)2)16(20)18-5-3-13(4-6-18)23-8-7-19/h9-10,13,19H,3-8H2,1-2H3,(H2,17,21,22). The summed E-state index contributed by atoms with van der Waals surface area (Å²) in [7, 11) is -3.86. The van der Waals surface area contributed by atoms with Crippen LogP contribution in [0.25, 0.3) is 0 Å². The third-order valence-corrected chi connectivity index (χ3v) is 5.27. The van der Waals surface area contributed by atoms with Crippen molar-refractivity contribution >= 4 is 15.9 Å². The Balaban J connectivity index is 2.17. The largest absolute Gasteiger partial charge is 0.394 e. The molecule has 1 aromatic rings. The number of amides is 1. The van der Waals surface area contributed by atoms with Crippen LogP contribution in [0.3, 0.4) is 0 Å². The maximum absolute atomic E-state index is 12.8. The van der Waals surface area contributed by atoms with E-state index in [1.807, 2.05) is 0 Å². The predicted molar refractivity (Wildman–Crippen MR) is 89.3 cm³/mol. The highest BCUT2D eigenvalue weighted by Crippen LogP contribution is 2.23. The molecule has 1 aromatic carbocycles. The van der Waals surface area contributed by atoms with E-state index in [1.165, 1.54) is 12.1 Å². The van der Waals surface area contributed by atoms with Crippen molar-refractivity contribution in [2.24, 2.45) is 5.14 Å². The summed E-state index contributed by atoms with van der Waals surface area (Å²) in [5.41, 5.74) is 1.84. The van der Waals surface area contributed by atoms with Crippen LogP contribution >= 0.6 is 0 Å². The van der Waals surface area contributed by atoms with Gasteiger partial charge in [0.1, 0.15) is 0 Å². The lowest BCUT2D eigenvalue weighted by Crippen LogP contribution is -2.41. The molecule has 1 aliphatic heterocycles. The highest BCUT2D eigenvalue weighted by molar-refractivity contribution is 7.89. The van der Waals surface area contributed by atoms with Crippen LogP contribution in [0.4, 0.5) is 0 Å². The van der Waals surface area contributed by atoms with Crippen molar-refractivity contribution in [1.82, 2.24) is 4.90 Å². The van der Waals surface area contributed by atoms with Gasteiger partial charge in [0.15, 0.2) is 0 Å². The van der Waals surface area contributed by atoms with E-state index < -0.39 is 10.0 Å². The second kappa shape index (κ2) is 7.60. The van der Waals surface area contributed by atoms with Crippen LogP contribution < -0.4 is 5.14 Å². The number of carbonyl (C=O) groups is 1. The van der Waals surface area contributed by atoms with E-state index in [1.54, 1.807) is 18.7 Å². The van der Waals surface area contributed by atoms with Crippen LogP contribution in [-0.2, 0) is 14.8 Å². The van der Waals surface area contributed by atoms with Gasteiger partial charge in [-0.3, -0.25) is 4.79 Å². The van der Waals surface area contributed by atoms with Crippen molar-refractivity contribution in [3.8, 4) is 0 Å². The molecule has 1 aliphatic rings. The zero-order valence-electron chi connectivity index (χ0n) is 14.0. The van der Waals surface area contributed by atoms with Crippen molar-refractivity contribution in [1.29, 1.82) is 0 Å². The van der Waals surface area contributed by atoms with Crippen molar-refractivity contribution in [2.45, 2.75) is 37.7 Å². The SMILES string of the molecule is Cc1cc(S(N)(=O)=O)cc(C(=O)N2CCC(OCCO)CC2)c1C. The minimum Gasteiger partial charge on any atom is -0.394 e. The molecule has 8 heteroatoms. The average molecular weight is 356 g/mol. The maximum atomic E-state index is 12.8. The van der Waals surface area contributed by atoms with Crippen molar-refractivity contribution in [2.75, 3.05) is 26.3 Å². The first-order chi connectivity index (χ1) is 11.2. The Labute approximate surface area is 142 Å². The van der Waals surface area contributed by atoms with Crippen LogP contribution in [0.2, 0.25) is 0 Å². The van der Waals surface area contributed by atoms with Crippen LogP contribution in [-0.4, -0.2) is 56.7 Å². The van der Waals surface area contributed by atoms with Crippen molar-refractivity contribution in [3.63, 3.8) is 0 Å². The number of benzene rings is 1. The van der Waals surface area contributed by atoms with E-state index in [4.69, 9.17) is 15.0 Å². The monoisotopic (exact) mass is 356 g/mol. The van der Waals surface area contributed by atoms with E-state index in [2.05, 4.69) is 0 Å². The summed E-state index contributed by atoms with van der Waals surface area (Å²) in [6.07, 6.45) is 1.43. The van der Waals surface area contributed by atoms with Gasteiger partial charge in [-0.15, -0.1) is 0 Å². The summed E-state index contributed by atoms with van der Waals surface area (Å²) in [5.74, 6) is -0.193. The number of rotatable bonds is 5. The molecule has 0 aromatic heterocycles. The van der Waals surface area contributed by atoms with Gasteiger partial charge in [0.25, 0.3) is 5.91 Å². The van der Waals surface area contributed by atoms with Gasteiger partial charge < -0.3 is 14.7 Å². The molecule has 0 saturated carbocycles. The Hall–Kier alpha value is -1.48. The number of aryl methyl sites for hydroxylation is 1. The first-order valence-corrected chi connectivity index (χ1v) is 9.44. The third kappa shape index (κ3) is 4.32. The Morgan fingerprint density at radius 2 is 1.96 bits per heavy atom. The summed E-state index contributed by atoms with van der Waals surface area (Å²) in [5, 5.41) is 14.0. The fraction of sp³-hybridized carbons (Fsp3) is 0.562. The molecule has 2 rings (SSSR count). The molecule has 24 heavy (non-hydrogen) atoms. The molecular weight excluding hydrogens is 332 g/mol. The topological polar surface area (TPSA) is 110 Å². The first-order valence-electron chi connectivity index (χ1n) is 7.90. The molecule has 0 bridgehead atoms. The fourth-order valence-corrected chi connectivity index (χ4v) is 3.45. The molecule has 3 N–H and O–H groups in total. The molecule has 1 saturated heterocycles. The number of primary sulfonamides is 1. The normalized spacial score (nSPS) is 16.4. The van der Waals surface area contributed by atoms with E-state index in [0.29, 0.717) is 43.7 Å². The van der Waals surface area contributed by atoms with Crippen LogP contribution in [0.15, 0.2) is 17.0 Å². The second-order valence-electron chi connectivity index (χ2n) is 6.04. The molecular formula is C16H24N2O5S. The van der Waals surface area contributed by atoms with Crippen molar-refractivity contribution in [3.05, 3.63) is 28.8 Å². The van der Waals surface area contributed by atoms with Crippen molar-refractivity contribution < 1.29 is 23.1 Å². The minimum atomic E-state index is -3.86. The Kier molecular flexibility index (Phi) is 5.97. The number of carbonyl (C=O) groups excluding carboxylic acids is 1. The lowest BCUT2D eigenvalue weighted by molar-refractivity contribution is -0.00556. The minimum absolute atomic E-state index is 0.0159. The maximum Gasteiger partial charge on any atom is 0.254 e. The Morgan fingerprint density at radius 3 is 2.50 bits per heavy atom. The number of ether oxygens (including phenoxy) is 1. The number of aliphatic hydroxyl groups is 1. The summed E-state index contributed by atoms with van der Waals surface area (Å²) < 4.78 is 28.7. The van der Waals surface area contributed by atoms with E-state index in [9.17, 15) is 13.2 Å². The molecule has 1 fully saturated rings. The molecule has 0 spiro atoms. The van der Waals surface area contributed by atoms with Gasteiger partial charge in [-0.25, -0.2) is 13.6 Å². The highest BCUT2D eigenvalue weighted by atomic mass is 32.2. The number of nitrogens with two attached hydrogens (primary N) is 1. The quantitative estimate of drug-likeness (QED) is 0.801. The van der Waals surface area contributed by atoms with Gasteiger partial charge in [-0.2, -0.15) is 0 Å². The molecule has 0 atom stereocenters. The Bertz CT molecular complexity index is 709. The van der Waals surface area contributed by atoms with Gasteiger partial charge in [-0.1, -0.05) is 0 Å². The van der Waals surface area contributed by atoms with Gasteiger partial charge in [0.05, 0.1) is 24.2 Å². The van der Waals surface area contributed by atoms with E-state index in [0.717, 1.165) is 5.56 Å². The average Bonchev–Trinajstić information content (AvgIpc) is 2.54. The summed E-state index contributed by atoms with van der Waals surface area (Å²) in [6, 6.07) is 2.84. The van der Waals surface area contributed by atoms with E-state index >= 15 is 0 Å². The van der Waals surface area contributed by atoms with Gasteiger partial charge >= 0.3 is 0 Å². The smallest absolute Gasteiger partial charge is 0.254 e. The molecule has 0 radical (unpaired) electrons. The van der Waals surface area contributed by atoms with E-state index in [-0.39, 0.29) is 23.5 Å². The number of aliphatic hydroxyl groups excluding tert-OH is 1. The first kappa shape index (κ1) is 18.9. The van der Waals surface area contributed by atoms with Crippen LogP contribution in [0.1, 0.15) is 34.3 Å². The zero-order chi connectivity index (χ0) is 17.9. The number of hydrogen-bond acceptors (Lipinski definition) is 5. The summed E-state index contributed by atoms with van der Waals surface area (Å²) in [6.45, 7) is 4.91. The van der Waals surface area contributed by atoms with Gasteiger partial charge in [-0.05, 0) is 49.9 Å². The summed E-state index contributed by atoms with van der Waals surface area (Å²) >= 11 is 0. The number of hydrogen-bond donors (Lipinski definition) is 2. The number of piperidine rings is 1. The molecule has 0 aliphatic carbocycles. The molecule has 7 nitrogen and oxygen atoms in total. The van der Waals surface area contributed by atoms with Crippen LogP contribution in [0, 0.1) is 13.8 Å². The number of nitrogens with zero attached hydrogens (tertiary/aromatic N) is 1. The molecule has 1 amide bonds. The Morgan fingerprint density at radius 1 is 1.33 bits per heavy atom. The number of likely N-dealkylation sites (tertiary alicyclic amines) is 1. The molecule has 134 valence electrons. The molecule has 0 unspecified atom stereocenters. The highest BCUT2D eigenvalue weighted by Gasteiger charge is 2.26. The second-order valence-corrected chi connectivity index (χ2v) is 7.61. The zero-order valence-corrected chi connectivity index (χ0v) is 14.8. The fourth-order valence-electron chi connectivity index (χ4n) is 2.83. The van der Waals surface area contributed by atoms with Crippen LogP contribution in [0.5, 0.6) is 0 Å². The molecule has 1 heterocycles.